The molecule has 0 fully saturated rings. The van der Waals surface area contributed by atoms with Gasteiger partial charge in [-0.3, -0.25) is 0 Å². The lowest BCUT2D eigenvalue weighted by Crippen LogP contribution is -2.29. The maximum absolute atomic E-state index is 11.2. The third-order valence-corrected chi connectivity index (χ3v) is 2.66. The second-order valence-corrected chi connectivity index (χ2v) is 3.82. The number of carbonyl (C=O) groups is 1. The Hall–Kier alpha value is -1.55. The number of amides is 1. The smallest absolute Gasteiger partial charge is 0.410 e. The molecule has 1 aromatic carbocycles. The number of fused-ring (bicyclic) bond motifs is 1. The van der Waals surface area contributed by atoms with Gasteiger partial charge >= 0.3 is 6.09 Å². The minimum absolute atomic E-state index is 0.0840. The Bertz CT molecular complexity index is 390. The molecule has 0 saturated carbocycles. The van der Waals surface area contributed by atoms with Crippen LogP contribution in [-0.2, 0) is 12.8 Å². The molecule has 4 heteroatoms. The number of aliphatic hydroxyl groups excluding tert-OH is 1. The number of benzene rings is 1. The summed E-state index contributed by atoms with van der Waals surface area (Å²) in [4.78, 5) is 11.2. The molecule has 1 amide bonds. The van der Waals surface area contributed by atoms with E-state index in [9.17, 15) is 4.79 Å². The first-order chi connectivity index (χ1) is 7.79. The SMILES string of the molecule is O=C(NCCO)Oc1ccc2c(c1)CCC2. The molecule has 0 radical (unpaired) electrons. The van der Waals surface area contributed by atoms with Crippen LogP contribution in [0.4, 0.5) is 4.79 Å². The van der Waals surface area contributed by atoms with Crippen LogP contribution < -0.4 is 10.1 Å². The Morgan fingerprint density at radius 1 is 1.38 bits per heavy atom. The second kappa shape index (κ2) is 4.99. The zero-order valence-corrected chi connectivity index (χ0v) is 9.03. The summed E-state index contributed by atoms with van der Waals surface area (Å²) in [7, 11) is 0. The molecular weight excluding hydrogens is 206 g/mol. The maximum atomic E-state index is 11.2. The van der Waals surface area contributed by atoms with Crippen molar-refractivity contribution in [2.45, 2.75) is 19.3 Å². The molecule has 4 nitrogen and oxygen atoms in total. The van der Waals surface area contributed by atoms with Crippen LogP contribution in [0.15, 0.2) is 18.2 Å². The van der Waals surface area contributed by atoms with E-state index in [4.69, 9.17) is 9.84 Å². The first kappa shape index (κ1) is 11.0. The molecule has 0 unspecified atom stereocenters. The topological polar surface area (TPSA) is 58.6 Å². The minimum atomic E-state index is -0.521. The lowest BCUT2D eigenvalue weighted by Gasteiger charge is -2.07. The number of aryl methyl sites for hydroxylation is 2. The van der Waals surface area contributed by atoms with Crippen molar-refractivity contribution >= 4 is 6.09 Å². The molecule has 0 saturated heterocycles. The number of carbonyl (C=O) groups excluding carboxylic acids is 1. The minimum Gasteiger partial charge on any atom is -0.410 e. The Kier molecular flexibility index (Phi) is 3.41. The van der Waals surface area contributed by atoms with E-state index >= 15 is 0 Å². The van der Waals surface area contributed by atoms with Gasteiger partial charge in [0.15, 0.2) is 0 Å². The van der Waals surface area contributed by atoms with Crippen LogP contribution in [0, 0.1) is 0 Å². The number of nitrogens with one attached hydrogen (secondary N) is 1. The summed E-state index contributed by atoms with van der Waals surface area (Å²) in [5.74, 6) is 0.566. The largest absolute Gasteiger partial charge is 0.412 e. The number of ether oxygens (including phenoxy) is 1. The van der Waals surface area contributed by atoms with Crippen LogP contribution in [0.25, 0.3) is 0 Å². The van der Waals surface area contributed by atoms with Gasteiger partial charge in [0, 0.05) is 6.54 Å². The quantitative estimate of drug-likeness (QED) is 0.807. The molecule has 2 N–H and O–H groups in total. The van der Waals surface area contributed by atoms with Crippen molar-refractivity contribution in [3.63, 3.8) is 0 Å². The molecule has 2 rings (SSSR count). The van der Waals surface area contributed by atoms with Gasteiger partial charge in [-0.05, 0) is 42.5 Å². The zero-order chi connectivity index (χ0) is 11.4. The zero-order valence-electron chi connectivity index (χ0n) is 9.03. The van der Waals surface area contributed by atoms with Crippen molar-refractivity contribution in [2.24, 2.45) is 0 Å². The van der Waals surface area contributed by atoms with Gasteiger partial charge in [0.05, 0.1) is 6.61 Å². The predicted octanol–water partition coefficient (Wildman–Crippen LogP) is 1.26. The Labute approximate surface area is 94.2 Å². The average molecular weight is 221 g/mol. The molecule has 0 aromatic heterocycles. The van der Waals surface area contributed by atoms with E-state index < -0.39 is 6.09 Å². The van der Waals surface area contributed by atoms with Crippen molar-refractivity contribution < 1.29 is 14.6 Å². The Balaban J connectivity index is 1.97. The predicted molar refractivity (Wildman–Crippen MR) is 59.6 cm³/mol. The number of rotatable bonds is 3. The first-order valence-electron chi connectivity index (χ1n) is 5.48. The van der Waals surface area contributed by atoms with Crippen LogP contribution in [0.2, 0.25) is 0 Å². The van der Waals surface area contributed by atoms with E-state index in [2.05, 4.69) is 5.32 Å². The fourth-order valence-corrected chi connectivity index (χ4v) is 1.91. The average Bonchev–Trinajstić information content (AvgIpc) is 2.73. The summed E-state index contributed by atoms with van der Waals surface area (Å²) < 4.78 is 5.08. The van der Waals surface area contributed by atoms with Gasteiger partial charge in [0.2, 0.25) is 0 Å². The van der Waals surface area contributed by atoms with Gasteiger partial charge in [-0.15, -0.1) is 0 Å². The summed E-state index contributed by atoms with van der Waals surface area (Å²) in [6, 6.07) is 5.74. The highest BCUT2D eigenvalue weighted by atomic mass is 16.6. The lowest BCUT2D eigenvalue weighted by atomic mass is 10.1. The molecule has 0 spiro atoms. The highest BCUT2D eigenvalue weighted by Gasteiger charge is 2.12. The summed E-state index contributed by atoms with van der Waals surface area (Å²) in [5, 5.41) is 11.0. The van der Waals surface area contributed by atoms with Gasteiger partial charge < -0.3 is 15.2 Å². The van der Waals surface area contributed by atoms with Crippen LogP contribution in [0.5, 0.6) is 5.75 Å². The number of aliphatic hydroxyl groups is 1. The van der Waals surface area contributed by atoms with E-state index in [0.29, 0.717) is 5.75 Å². The van der Waals surface area contributed by atoms with E-state index in [-0.39, 0.29) is 13.2 Å². The van der Waals surface area contributed by atoms with Crippen molar-refractivity contribution in [1.29, 1.82) is 0 Å². The summed E-state index contributed by atoms with van der Waals surface area (Å²) in [5.41, 5.74) is 2.62. The van der Waals surface area contributed by atoms with Crippen molar-refractivity contribution in [3.05, 3.63) is 29.3 Å². The van der Waals surface area contributed by atoms with E-state index in [1.54, 1.807) is 0 Å². The Morgan fingerprint density at radius 3 is 3.00 bits per heavy atom. The normalized spacial score (nSPS) is 13.3. The first-order valence-corrected chi connectivity index (χ1v) is 5.48. The molecule has 1 aromatic rings. The highest BCUT2D eigenvalue weighted by Crippen LogP contribution is 2.25. The standard InChI is InChI=1S/C12H15NO3/c14-7-6-13-12(15)16-11-5-4-9-2-1-3-10(9)8-11/h4-5,8,14H,1-3,6-7H2,(H,13,15). The fourth-order valence-electron chi connectivity index (χ4n) is 1.91. The molecule has 1 aliphatic rings. The van der Waals surface area contributed by atoms with E-state index in [0.717, 1.165) is 12.8 Å². The molecule has 1 aliphatic carbocycles. The van der Waals surface area contributed by atoms with Crippen molar-refractivity contribution in [3.8, 4) is 5.75 Å². The number of hydrogen-bond donors (Lipinski definition) is 2. The summed E-state index contributed by atoms with van der Waals surface area (Å²) in [6.07, 6.45) is 2.83. The lowest BCUT2D eigenvalue weighted by molar-refractivity contribution is 0.195. The molecular formula is C12H15NO3. The van der Waals surface area contributed by atoms with Crippen LogP contribution >= 0.6 is 0 Å². The highest BCUT2D eigenvalue weighted by molar-refractivity contribution is 5.70. The maximum Gasteiger partial charge on any atom is 0.412 e. The third-order valence-electron chi connectivity index (χ3n) is 2.66. The fraction of sp³-hybridized carbons (Fsp3) is 0.417. The summed E-state index contributed by atoms with van der Waals surface area (Å²) in [6.45, 7) is 0.128. The third kappa shape index (κ3) is 2.52. The summed E-state index contributed by atoms with van der Waals surface area (Å²) >= 11 is 0. The Morgan fingerprint density at radius 2 is 2.19 bits per heavy atom. The van der Waals surface area contributed by atoms with Crippen LogP contribution in [-0.4, -0.2) is 24.4 Å². The second-order valence-electron chi connectivity index (χ2n) is 3.82. The van der Waals surface area contributed by atoms with Gasteiger partial charge in [-0.2, -0.15) is 0 Å². The van der Waals surface area contributed by atoms with Gasteiger partial charge in [0.1, 0.15) is 5.75 Å². The molecule has 0 atom stereocenters. The van der Waals surface area contributed by atoms with Crippen LogP contribution in [0.1, 0.15) is 17.5 Å². The molecule has 86 valence electrons. The number of hydrogen-bond acceptors (Lipinski definition) is 3. The monoisotopic (exact) mass is 221 g/mol. The van der Waals surface area contributed by atoms with Gasteiger partial charge in [-0.1, -0.05) is 6.07 Å². The van der Waals surface area contributed by atoms with Gasteiger partial charge in [-0.25, -0.2) is 4.79 Å². The molecule has 0 heterocycles. The molecule has 0 bridgehead atoms. The van der Waals surface area contributed by atoms with Crippen molar-refractivity contribution in [2.75, 3.05) is 13.2 Å². The van der Waals surface area contributed by atoms with E-state index in [1.807, 2.05) is 18.2 Å². The van der Waals surface area contributed by atoms with Crippen LogP contribution in [0.3, 0.4) is 0 Å². The van der Waals surface area contributed by atoms with E-state index in [1.165, 1.54) is 17.5 Å². The molecule has 0 aliphatic heterocycles. The van der Waals surface area contributed by atoms with Gasteiger partial charge in [0.25, 0.3) is 0 Å². The molecule has 16 heavy (non-hydrogen) atoms. The van der Waals surface area contributed by atoms with Crippen molar-refractivity contribution in [1.82, 2.24) is 5.32 Å².